The van der Waals surface area contributed by atoms with E-state index in [1.807, 2.05) is 0 Å². The Bertz CT molecular complexity index is 460. The van der Waals surface area contributed by atoms with Crippen LogP contribution in [-0.2, 0) is 14.9 Å². The number of carbonyl (C=O) groups excluding carboxylic acids is 1. The molecule has 1 amide bonds. The van der Waals surface area contributed by atoms with Crippen molar-refractivity contribution in [2.75, 3.05) is 11.1 Å². The molecule has 3 N–H and O–H groups in total. The van der Waals surface area contributed by atoms with Crippen LogP contribution in [0, 0.1) is 0 Å². The number of hydrogen-bond acceptors (Lipinski definition) is 5. The molecule has 0 aliphatic rings. The van der Waals surface area contributed by atoms with Gasteiger partial charge in [0, 0.05) is 5.69 Å². The number of nitrogens with one attached hydrogen (secondary N) is 1. The van der Waals surface area contributed by atoms with Gasteiger partial charge in [0.1, 0.15) is 10.1 Å². The van der Waals surface area contributed by atoms with Crippen molar-refractivity contribution in [1.82, 2.24) is 0 Å². The Labute approximate surface area is 109 Å². The van der Waals surface area contributed by atoms with E-state index in [1.165, 1.54) is 12.1 Å². The number of nitrogen functional groups attached to an aromatic ring is 1. The molecule has 0 saturated heterocycles. The molecule has 1 aromatic rings. The summed E-state index contributed by atoms with van der Waals surface area (Å²) in [7, 11) is -4.56. The molecular formula is C7H7N2NaO4S. The van der Waals surface area contributed by atoms with Crippen LogP contribution in [-0.4, -0.2) is 19.4 Å². The van der Waals surface area contributed by atoms with E-state index in [-0.39, 0.29) is 35.2 Å². The van der Waals surface area contributed by atoms with Gasteiger partial charge in [0.2, 0.25) is 6.41 Å². The van der Waals surface area contributed by atoms with Gasteiger partial charge < -0.3 is 15.6 Å². The van der Waals surface area contributed by atoms with Crippen LogP contribution in [0.5, 0.6) is 0 Å². The van der Waals surface area contributed by atoms with Crippen LogP contribution in [0.3, 0.4) is 0 Å². The first-order valence-electron chi connectivity index (χ1n) is 3.51. The third-order valence-electron chi connectivity index (χ3n) is 1.50. The first kappa shape index (κ1) is 14.4. The summed E-state index contributed by atoms with van der Waals surface area (Å²) in [6, 6.07) is 3.51. The molecule has 0 bridgehead atoms. The number of benzene rings is 1. The van der Waals surface area contributed by atoms with E-state index in [1.54, 1.807) is 0 Å². The minimum absolute atomic E-state index is 0. The number of hydrogen-bond donors (Lipinski definition) is 2. The molecule has 0 aliphatic carbocycles. The van der Waals surface area contributed by atoms with Gasteiger partial charge in [0.15, 0.2) is 0 Å². The normalized spacial score (nSPS) is 10.2. The van der Waals surface area contributed by atoms with Crippen molar-refractivity contribution in [3.63, 3.8) is 0 Å². The fourth-order valence-electron chi connectivity index (χ4n) is 0.934. The fourth-order valence-corrected chi connectivity index (χ4v) is 1.52. The van der Waals surface area contributed by atoms with Crippen LogP contribution >= 0.6 is 0 Å². The van der Waals surface area contributed by atoms with Gasteiger partial charge in [-0.25, -0.2) is 8.42 Å². The maximum absolute atomic E-state index is 10.6. The minimum Gasteiger partial charge on any atom is -0.744 e. The Kier molecular flexibility index (Phi) is 5.26. The average Bonchev–Trinajstić information content (AvgIpc) is 2.02. The van der Waals surface area contributed by atoms with Gasteiger partial charge in [-0.1, -0.05) is 0 Å². The predicted octanol–water partition coefficient (Wildman–Crippen LogP) is -3.25. The van der Waals surface area contributed by atoms with Crippen LogP contribution in [0.2, 0.25) is 0 Å². The summed E-state index contributed by atoms with van der Waals surface area (Å²) >= 11 is 0. The third-order valence-corrected chi connectivity index (χ3v) is 2.42. The zero-order chi connectivity index (χ0) is 10.8. The molecule has 0 unspecified atom stereocenters. The zero-order valence-electron chi connectivity index (χ0n) is 7.93. The van der Waals surface area contributed by atoms with Crippen LogP contribution in [0.15, 0.2) is 23.1 Å². The van der Waals surface area contributed by atoms with Crippen molar-refractivity contribution in [2.24, 2.45) is 0 Å². The van der Waals surface area contributed by atoms with E-state index >= 15 is 0 Å². The van der Waals surface area contributed by atoms with Gasteiger partial charge in [-0.15, -0.1) is 0 Å². The number of anilines is 2. The molecule has 1 rings (SSSR count). The predicted molar refractivity (Wildman–Crippen MR) is 48.5 cm³/mol. The van der Waals surface area contributed by atoms with Crippen LogP contribution in [0.4, 0.5) is 11.4 Å². The molecule has 0 atom stereocenters. The van der Waals surface area contributed by atoms with Gasteiger partial charge in [0.05, 0.1) is 10.6 Å². The number of carbonyl (C=O) groups is 1. The average molecular weight is 238 g/mol. The van der Waals surface area contributed by atoms with Crippen molar-refractivity contribution in [3.05, 3.63) is 18.2 Å². The molecule has 0 aromatic heterocycles. The van der Waals surface area contributed by atoms with Gasteiger partial charge in [0.25, 0.3) is 0 Å². The Morgan fingerprint density at radius 1 is 1.40 bits per heavy atom. The fraction of sp³-hybridized carbons (Fsp3) is 0. The monoisotopic (exact) mass is 238 g/mol. The van der Waals surface area contributed by atoms with Crippen LogP contribution in [0.1, 0.15) is 0 Å². The maximum Gasteiger partial charge on any atom is 1.00 e. The first-order chi connectivity index (χ1) is 6.45. The van der Waals surface area contributed by atoms with Crippen molar-refractivity contribution in [3.8, 4) is 0 Å². The van der Waals surface area contributed by atoms with E-state index < -0.39 is 15.0 Å². The molecule has 1 aromatic carbocycles. The van der Waals surface area contributed by atoms with E-state index in [0.29, 0.717) is 12.1 Å². The van der Waals surface area contributed by atoms with Crippen molar-refractivity contribution in [1.29, 1.82) is 0 Å². The summed E-state index contributed by atoms with van der Waals surface area (Å²) in [6.45, 7) is 0. The topological polar surface area (TPSA) is 112 Å². The standard InChI is InChI=1S/C7H8N2O4S.Na/c8-6-3-5(9-4-10)1-2-7(6)14(11,12)13;/h1-4H,8H2,(H,9,10)(H,11,12,13);/q;+1/p-1. The largest absolute Gasteiger partial charge is 1.00 e. The van der Waals surface area contributed by atoms with Crippen LogP contribution in [0.25, 0.3) is 0 Å². The second-order valence-electron chi connectivity index (χ2n) is 2.47. The molecule has 0 saturated carbocycles. The Morgan fingerprint density at radius 2 is 2.00 bits per heavy atom. The minimum atomic E-state index is -4.56. The molecule has 0 fully saturated rings. The molecular weight excluding hydrogens is 231 g/mol. The SMILES string of the molecule is Nc1cc(NC=O)ccc1S(=O)(=O)[O-].[Na+]. The van der Waals surface area contributed by atoms with Gasteiger partial charge in [-0.3, -0.25) is 4.79 Å². The van der Waals surface area contributed by atoms with Crippen molar-refractivity contribution in [2.45, 2.75) is 4.90 Å². The van der Waals surface area contributed by atoms with Gasteiger partial charge in [-0.2, -0.15) is 0 Å². The molecule has 15 heavy (non-hydrogen) atoms. The summed E-state index contributed by atoms with van der Waals surface area (Å²) in [5.41, 5.74) is 5.44. The van der Waals surface area contributed by atoms with E-state index in [9.17, 15) is 17.8 Å². The Balaban J connectivity index is 0.00000196. The number of amides is 1. The maximum atomic E-state index is 10.6. The molecule has 8 heteroatoms. The Morgan fingerprint density at radius 3 is 2.40 bits per heavy atom. The third kappa shape index (κ3) is 3.80. The van der Waals surface area contributed by atoms with Crippen molar-refractivity contribution >= 4 is 27.9 Å². The van der Waals surface area contributed by atoms with E-state index in [0.717, 1.165) is 6.07 Å². The second-order valence-corrected chi connectivity index (χ2v) is 3.82. The summed E-state index contributed by atoms with van der Waals surface area (Å²) in [5, 5.41) is 2.27. The summed E-state index contributed by atoms with van der Waals surface area (Å²) in [5.74, 6) is 0. The number of rotatable bonds is 3. The van der Waals surface area contributed by atoms with E-state index in [2.05, 4.69) is 5.32 Å². The van der Waals surface area contributed by atoms with E-state index in [4.69, 9.17) is 5.73 Å². The summed E-state index contributed by atoms with van der Waals surface area (Å²) in [4.78, 5) is 9.54. The Hall–Kier alpha value is -0.600. The molecule has 6 nitrogen and oxygen atoms in total. The summed E-state index contributed by atoms with van der Waals surface area (Å²) in [6.07, 6.45) is 0.417. The quantitative estimate of drug-likeness (QED) is 0.248. The molecule has 0 radical (unpaired) electrons. The van der Waals surface area contributed by atoms with Crippen molar-refractivity contribution < 1.29 is 47.3 Å². The molecule has 0 aliphatic heterocycles. The summed E-state index contributed by atoms with van der Waals surface area (Å²) < 4.78 is 31.8. The second kappa shape index (κ2) is 5.47. The zero-order valence-corrected chi connectivity index (χ0v) is 10.7. The van der Waals surface area contributed by atoms with Gasteiger partial charge >= 0.3 is 29.6 Å². The smallest absolute Gasteiger partial charge is 0.744 e. The molecule has 0 spiro atoms. The van der Waals surface area contributed by atoms with Gasteiger partial charge in [-0.05, 0) is 18.2 Å². The van der Waals surface area contributed by atoms with Crippen LogP contribution < -0.4 is 40.6 Å². The number of nitrogens with two attached hydrogens (primary N) is 1. The molecule has 0 heterocycles. The first-order valence-corrected chi connectivity index (χ1v) is 4.91. The molecule has 76 valence electrons.